The van der Waals surface area contributed by atoms with Gasteiger partial charge in [0.05, 0.1) is 18.8 Å². The molecule has 0 aliphatic carbocycles. The highest BCUT2D eigenvalue weighted by Crippen LogP contribution is 2.33. The van der Waals surface area contributed by atoms with Crippen LogP contribution in [0.3, 0.4) is 0 Å². The first-order valence-electron chi connectivity index (χ1n) is 11.2. The average molecular weight is 469 g/mol. The summed E-state index contributed by atoms with van der Waals surface area (Å²) < 4.78 is 16.9. The first kappa shape index (κ1) is 25.0. The fourth-order valence-corrected chi connectivity index (χ4v) is 3.65. The number of carbonyl (C=O) groups excluding carboxylic acids is 1. The van der Waals surface area contributed by atoms with Crippen LogP contribution in [0.25, 0.3) is 6.08 Å². The summed E-state index contributed by atoms with van der Waals surface area (Å²) in [4.78, 5) is 25.3. The lowest BCUT2D eigenvalue weighted by Crippen LogP contribution is -2.42. The Hall–Kier alpha value is -3.68. The van der Waals surface area contributed by atoms with Crippen LogP contribution in [0, 0.1) is 0 Å². The Morgan fingerprint density at radius 1 is 1.15 bits per heavy atom. The fourth-order valence-electron chi connectivity index (χ4n) is 3.65. The van der Waals surface area contributed by atoms with Crippen LogP contribution >= 0.6 is 0 Å². The summed E-state index contributed by atoms with van der Waals surface area (Å²) in [5.41, 5.74) is 0.878. The maximum Gasteiger partial charge on any atom is 0.410 e. The third-order valence-corrected chi connectivity index (χ3v) is 5.24. The van der Waals surface area contributed by atoms with Crippen molar-refractivity contribution < 1.29 is 28.9 Å². The van der Waals surface area contributed by atoms with Crippen LogP contribution in [0.2, 0.25) is 0 Å². The van der Waals surface area contributed by atoms with E-state index < -0.39 is 11.6 Å². The van der Waals surface area contributed by atoms with Crippen molar-refractivity contribution in [1.82, 2.24) is 4.90 Å². The number of anilines is 1. The number of carboxylic acid groups (broad SMARTS) is 1. The summed E-state index contributed by atoms with van der Waals surface area (Å²) in [7, 11) is 1.60. The molecule has 1 saturated heterocycles. The predicted molar refractivity (Wildman–Crippen MR) is 131 cm³/mol. The van der Waals surface area contributed by atoms with Crippen LogP contribution < -0.4 is 14.8 Å². The van der Waals surface area contributed by atoms with Gasteiger partial charge in [-0.05, 0) is 81.7 Å². The molecule has 3 rings (SSSR count). The fraction of sp³-hybridized carbons (Fsp3) is 0.385. The van der Waals surface area contributed by atoms with E-state index in [1.54, 1.807) is 42.3 Å². The van der Waals surface area contributed by atoms with Gasteiger partial charge in [0.25, 0.3) is 0 Å². The number of carboxylic acids is 1. The number of hydrogen-bond acceptors (Lipinski definition) is 6. The quantitative estimate of drug-likeness (QED) is 0.501. The SMILES string of the molecule is COc1ccc(Oc2cc(C=CC(=O)O)ccc2NC[C@@H]2CCCN2C(=O)OC(C)(C)C)cc1. The maximum atomic E-state index is 12.6. The van der Waals surface area contributed by atoms with Crippen LogP contribution in [0.5, 0.6) is 17.2 Å². The Bertz CT molecular complexity index is 1030. The molecule has 1 fully saturated rings. The molecule has 1 aliphatic rings. The van der Waals surface area contributed by atoms with Gasteiger partial charge in [-0.15, -0.1) is 0 Å². The van der Waals surface area contributed by atoms with Crippen molar-refractivity contribution in [3.8, 4) is 17.2 Å². The van der Waals surface area contributed by atoms with Gasteiger partial charge < -0.3 is 29.5 Å². The van der Waals surface area contributed by atoms with E-state index in [0.717, 1.165) is 24.6 Å². The summed E-state index contributed by atoms with van der Waals surface area (Å²) in [5, 5.41) is 12.3. The van der Waals surface area contributed by atoms with Crippen molar-refractivity contribution in [2.24, 2.45) is 0 Å². The number of benzene rings is 2. The molecule has 2 N–H and O–H groups in total. The Balaban J connectivity index is 1.77. The molecule has 1 heterocycles. The lowest BCUT2D eigenvalue weighted by molar-refractivity contribution is -0.131. The van der Waals surface area contributed by atoms with E-state index in [1.165, 1.54) is 6.08 Å². The van der Waals surface area contributed by atoms with Gasteiger partial charge in [0.1, 0.15) is 17.1 Å². The van der Waals surface area contributed by atoms with Crippen molar-refractivity contribution in [3.05, 3.63) is 54.1 Å². The number of nitrogens with zero attached hydrogens (tertiary/aromatic N) is 1. The molecule has 0 aromatic heterocycles. The van der Waals surface area contributed by atoms with Crippen molar-refractivity contribution in [3.63, 3.8) is 0 Å². The Morgan fingerprint density at radius 2 is 1.85 bits per heavy atom. The Kier molecular flexibility index (Phi) is 8.04. The molecule has 0 bridgehead atoms. The van der Waals surface area contributed by atoms with Gasteiger partial charge in [0.2, 0.25) is 0 Å². The average Bonchev–Trinajstić information content (AvgIpc) is 3.25. The predicted octanol–water partition coefficient (Wildman–Crippen LogP) is 5.40. The molecule has 0 spiro atoms. The lowest BCUT2D eigenvalue weighted by atomic mass is 10.1. The second-order valence-corrected chi connectivity index (χ2v) is 9.06. The lowest BCUT2D eigenvalue weighted by Gasteiger charge is -2.29. The minimum absolute atomic E-state index is 0.00438. The van der Waals surface area contributed by atoms with Gasteiger partial charge in [-0.1, -0.05) is 6.07 Å². The summed E-state index contributed by atoms with van der Waals surface area (Å²) >= 11 is 0. The van der Waals surface area contributed by atoms with E-state index in [-0.39, 0.29) is 12.1 Å². The number of ether oxygens (including phenoxy) is 3. The topological polar surface area (TPSA) is 97.3 Å². The minimum Gasteiger partial charge on any atom is -0.497 e. The van der Waals surface area contributed by atoms with Crippen molar-refractivity contribution in [2.75, 3.05) is 25.5 Å². The Labute approximate surface area is 200 Å². The van der Waals surface area contributed by atoms with Gasteiger partial charge in [0, 0.05) is 19.2 Å². The van der Waals surface area contributed by atoms with Crippen LogP contribution in [0.4, 0.5) is 10.5 Å². The molecule has 1 atom stereocenters. The molecule has 1 amide bonds. The van der Waals surface area contributed by atoms with E-state index in [0.29, 0.717) is 35.9 Å². The van der Waals surface area contributed by atoms with Crippen LogP contribution in [-0.4, -0.2) is 53.9 Å². The number of rotatable bonds is 8. The van der Waals surface area contributed by atoms with Gasteiger partial charge in [-0.3, -0.25) is 0 Å². The standard InChI is InChI=1S/C26H32N2O6/c1-26(2,3)34-25(31)28-15-5-6-19(28)17-27-22-13-7-18(8-14-24(29)30)16-23(22)33-21-11-9-20(32-4)10-12-21/h7-14,16,19,27H,5-6,15,17H2,1-4H3,(H,29,30)/t19-/m0/s1. The molecule has 34 heavy (non-hydrogen) atoms. The summed E-state index contributed by atoms with van der Waals surface area (Å²) in [5.74, 6) is 0.842. The molecule has 0 saturated carbocycles. The maximum absolute atomic E-state index is 12.6. The number of nitrogens with one attached hydrogen (secondary N) is 1. The first-order valence-corrected chi connectivity index (χ1v) is 11.2. The molecule has 0 unspecified atom stereocenters. The molecule has 2 aromatic rings. The number of amides is 1. The zero-order chi connectivity index (χ0) is 24.7. The van der Waals surface area contributed by atoms with E-state index in [2.05, 4.69) is 5.32 Å². The molecule has 8 nitrogen and oxygen atoms in total. The zero-order valence-electron chi connectivity index (χ0n) is 20.0. The van der Waals surface area contributed by atoms with Gasteiger partial charge in [0.15, 0.2) is 5.75 Å². The summed E-state index contributed by atoms with van der Waals surface area (Å²) in [6.45, 7) is 6.77. The summed E-state index contributed by atoms with van der Waals surface area (Å²) in [6, 6.07) is 12.6. The molecule has 8 heteroatoms. The monoisotopic (exact) mass is 468 g/mol. The third kappa shape index (κ3) is 7.16. The highest BCUT2D eigenvalue weighted by molar-refractivity contribution is 5.85. The normalized spacial score (nSPS) is 15.9. The number of likely N-dealkylation sites (tertiary alicyclic amines) is 1. The van der Waals surface area contributed by atoms with Crippen molar-refractivity contribution >= 4 is 23.8 Å². The van der Waals surface area contributed by atoms with E-state index >= 15 is 0 Å². The van der Waals surface area contributed by atoms with E-state index in [9.17, 15) is 9.59 Å². The second kappa shape index (κ2) is 11.0. The van der Waals surface area contributed by atoms with Crippen LogP contribution in [-0.2, 0) is 9.53 Å². The molecular weight excluding hydrogens is 436 g/mol. The van der Waals surface area contributed by atoms with Gasteiger partial charge in [-0.2, -0.15) is 0 Å². The third-order valence-electron chi connectivity index (χ3n) is 5.24. The first-order chi connectivity index (χ1) is 16.1. The smallest absolute Gasteiger partial charge is 0.410 e. The van der Waals surface area contributed by atoms with Gasteiger partial charge >= 0.3 is 12.1 Å². The van der Waals surface area contributed by atoms with Crippen molar-refractivity contribution in [1.29, 1.82) is 0 Å². The molecule has 2 aromatic carbocycles. The van der Waals surface area contributed by atoms with E-state index in [4.69, 9.17) is 19.3 Å². The Morgan fingerprint density at radius 3 is 2.50 bits per heavy atom. The highest BCUT2D eigenvalue weighted by Gasteiger charge is 2.32. The number of methoxy groups -OCH3 is 1. The minimum atomic E-state index is -1.02. The number of aliphatic carboxylic acids is 1. The second-order valence-electron chi connectivity index (χ2n) is 9.06. The number of hydrogen-bond donors (Lipinski definition) is 2. The molecular formula is C26H32N2O6. The summed E-state index contributed by atoms with van der Waals surface area (Å²) in [6.07, 6.45) is 4.08. The highest BCUT2D eigenvalue weighted by atomic mass is 16.6. The van der Waals surface area contributed by atoms with Crippen LogP contribution in [0.1, 0.15) is 39.2 Å². The van der Waals surface area contributed by atoms with E-state index in [1.807, 2.05) is 32.9 Å². The molecule has 182 valence electrons. The van der Waals surface area contributed by atoms with Gasteiger partial charge in [-0.25, -0.2) is 9.59 Å². The molecule has 0 radical (unpaired) electrons. The molecule has 1 aliphatic heterocycles. The zero-order valence-corrected chi connectivity index (χ0v) is 20.0. The van der Waals surface area contributed by atoms with Crippen molar-refractivity contribution in [2.45, 2.75) is 45.3 Å². The number of carbonyl (C=O) groups is 2. The van der Waals surface area contributed by atoms with Crippen LogP contribution in [0.15, 0.2) is 48.5 Å². The largest absolute Gasteiger partial charge is 0.497 e.